The number of fused-ring (bicyclic) bond motifs is 1. The van der Waals surface area contributed by atoms with E-state index in [0.717, 1.165) is 16.5 Å². The van der Waals surface area contributed by atoms with E-state index in [-0.39, 0.29) is 29.1 Å². The second-order valence-electron chi connectivity index (χ2n) is 4.71. The maximum absolute atomic E-state index is 11.7. The first-order valence-corrected chi connectivity index (χ1v) is 6.51. The highest BCUT2D eigenvalue weighted by molar-refractivity contribution is 9.10. The van der Waals surface area contributed by atoms with Crippen LogP contribution >= 0.6 is 15.9 Å². The van der Waals surface area contributed by atoms with Gasteiger partial charge in [0.2, 0.25) is 11.8 Å². The van der Waals surface area contributed by atoms with E-state index in [1.807, 2.05) is 31.2 Å². The van der Waals surface area contributed by atoms with Crippen molar-refractivity contribution in [2.24, 2.45) is 11.8 Å². The molecule has 3 rings (SSSR count). The topological polar surface area (TPSA) is 46.2 Å². The lowest BCUT2D eigenvalue weighted by molar-refractivity contribution is -0.128. The van der Waals surface area contributed by atoms with E-state index in [1.165, 1.54) is 0 Å². The number of imide groups is 1. The molecule has 1 saturated heterocycles. The average Bonchev–Trinajstić information content (AvgIpc) is 2.90. The maximum atomic E-state index is 11.7. The van der Waals surface area contributed by atoms with Crippen LogP contribution < -0.4 is 5.32 Å². The summed E-state index contributed by atoms with van der Waals surface area (Å²) in [6.07, 6.45) is 0.817. The van der Waals surface area contributed by atoms with E-state index in [4.69, 9.17) is 0 Å². The van der Waals surface area contributed by atoms with Crippen molar-refractivity contribution in [2.75, 3.05) is 0 Å². The second kappa shape index (κ2) is 3.42. The van der Waals surface area contributed by atoms with Crippen molar-refractivity contribution in [3.8, 4) is 0 Å². The molecule has 2 unspecified atom stereocenters. The molecule has 0 radical (unpaired) electrons. The Kier molecular flexibility index (Phi) is 2.20. The molecule has 1 aromatic carbocycles. The van der Waals surface area contributed by atoms with Crippen LogP contribution in [-0.4, -0.2) is 11.8 Å². The van der Waals surface area contributed by atoms with E-state index in [9.17, 15) is 9.59 Å². The average molecular weight is 294 g/mol. The summed E-state index contributed by atoms with van der Waals surface area (Å²) >= 11 is 3.44. The van der Waals surface area contributed by atoms with Crippen LogP contribution in [0.5, 0.6) is 0 Å². The van der Waals surface area contributed by atoms with Gasteiger partial charge in [0.25, 0.3) is 0 Å². The van der Waals surface area contributed by atoms with E-state index in [2.05, 4.69) is 21.2 Å². The number of carbonyl (C=O) groups excluding carboxylic acids is 2. The number of hydrogen-bond donors (Lipinski definition) is 1. The molecule has 1 aliphatic heterocycles. The monoisotopic (exact) mass is 293 g/mol. The first kappa shape index (κ1) is 11.0. The molecule has 2 atom stereocenters. The van der Waals surface area contributed by atoms with Crippen molar-refractivity contribution in [3.05, 3.63) is 34.3 Å². The van der Waals surface area contributed by atoms with Crippen molar-refractivity contribution in [1.29, 1.82) is 0 Å². The van der Waals surface area contributed by atoms with Crippen LogP contribution in [0.15, 0.2) is 28.7 Å². The van der Waals surface area contributed by atoms with Crippen LogP contribution in [0.4, 0.5) is 0 Å². The molecule has 17 heavy (non-hydrogen) atoms. The summed E-state index contributed by atoms with van der Waals surface area (Å²) in [7, 11) is 0. The molecule has 3 nitrogen and oxygen atoms in total. The predicted molar refractivity (Wildman–Crippen MR) is 66.2 cm³/mol. The Morgan fingerprint density at radius 1 is 1.29 bits per heavy atom. The Morgan fingerprint density at radius 2 is 1.94 bits per heavy atom. The standard InChI is InChI=1S/C13H12BrNO2/c1-2-13(7-4-3-5-8(14)6-7)9-10(13)12(17)15-11(9)16/h3-6,9-10H,2H2,1H3,(H,15,16,17). The van der Waals surface area contributed by atoms with Crippen LogP contribution in [0.25, 0.3) is 0 Å². The molecule has 4 heteroatoms. The molecular formula is C13H12BrNO2. The molecule has 2 amide bonds. The third-order valence-corrected chi connectivity index (χ3v) is 4.59. The van der Waals surface area contributed by atoms with Crippen LogP contribution in [0.3, 0.4) is 0 Å². The minimum Gasteiger partial charge on any atom is -0.296 e. The van der Waals surface area contributed by atoms with Gasteiger partial charge in [0.05, 0.1) is 11.8 Å². The van der Waals surface area contributed by atoms with Gasteiger partial charge in [-0.1, -0.05) is 35.0 Å². The summed E-state index contributed by atoms with van der Waals surface area (Å²) in [6.45, 7) is 2.04. The van der Waals surface area contributed by atoms with Crippen LogP contribution in [0.1, 0.15) is 18.9 Å². The summed E-state index contributed by atoms with van der Waals surface area (Å²) in [5.41, 5.74) is 0.830. The fourth-order valence-corrected chi connectivity index (χ4v) is 3.67. The van der Waals surface area contributed by atoms with Crippen LogP contribution in [0.2, 0.25) is 0 Å². The highest BCUT2D eigenvalue weighted by Crippen LogP contribution is 2.64. The third kappa shape index (κ3) is 1.27. The minimum atomic E-state index is -0.261. The number of amides is 2. The molecule has 88 valence electrons. The van der Waals surface area contributed by atoms with Gasteiger partial charge in [-0.3, -0.25) is 14.9 Å². The third-order valence-electron chi connectivity index (χ3n) is 4.09. The molecular weight excluding hydrogens is 282 g/mol. The smallest absolute Gasteiger partial charge is 0.231 e. The lowest BCUT2D eigenvalue weighted by Crippen LogP contribution is -2.33. The number of halogens is 1. The molecule has 0 bridgehead atoms. The summed E-state index contributed by atoms with van der Waals surface area (Å²) in [6, 6.07) is 7.93. The van der Waals surface area contributed by atoms with E-state index >= 15 is 0 Å². The second-order valence-corrected chi connectivity index (χ2v) is 5.63. The molecule has 1 heterocycles. The summed E-state index contributed by atoms with van der Waals surface area (Å²) < 4.78 is 0.987. The van der Waals surface area contributed by atoms with Crippen molar-refractivity contribution in [1.82, 2.24) is 5.32 Å². The number of carbonyl (C=O) groups is 2. The first-order valence-electron chi connectivity index (χ1n) is 5.72. The Labute approximate surface area is 108 Å². The highest BCUT2D eigenvalue weighted by atomic mass is 79.9. The first-order chi connectivity index (χ1) is 8.11. The van der Waals surface area contributed by atoms with E-state index < -0.39 is 0 Å². The Bertz CT molecular complexity index is 506. The van der Waals surface area contributed by atoms with Crippen LogP contribution in [0, 0.1) is 11.8 Å². The van der Waals surface area contributed by atoms with Gasteiger partial charge in [-0.2, -0.15) is 0 Å². The molecule has 2 aliphatic rings. The van der Waals surface area contributed by atoms with Gasteiger partial charge >= 0.3 is 0 Å². The Balaban J connectivity index is 2.07. The van der Waals surface area contributed by atoms with E-state index in [0.29, 0.717) is 0 Å². The molecule has 1 aliphatic carbocycles. The molecule has 1 N–H and O–H groups in total. The SMILES string of the molecule is CCC1(c2cccc(Br)c2)C2C(=O)NC(=O)C21. The molecule has 0 aromatic heterocycles. The summed E-state index contributed by atoms with van der Waals surface area (Å²) in [5.74, 6) is -0.535. The molecule has 0 spiro atoms. The molecule has 1 saturated carbocycles. The number of nitrogens with one attached hydrogen (secondary N) is 1. The van der Waals surface area contributed by atoms with E-state index in [1.54, 1.807) is 0 Å². The largest absolute Gasteiger partial charge is 0.296 e. The predicted octanol–water partition coefficient (Wildman–Crippen LogP) is 2.00. The highest BCUT2D eigenvalue weighted by Gasteiger charge is 2.74. The van der Waals surface area contributed by atoms with Gasteiger partial charge < -0.3 is 0 Å². The quantitative estimate of drug-likeness (QED) is 0.848. The van der Waals surface area contributed by atoms with Gasteiger partial charge in [0, 0.05) is 9.89 Å². The maximum Gasteiger partial charge on any atom is 0.231 e. The van der Waals surface area contributed by atoms with Gasteiger partial charge in [-0.15, -0.1) is 0 Å². The van der Waals surface area contributed by atoms with Crippen molar-refractivity contribution < 1.29 is 9.59 Å². The lowest BCUT2D eigenvalue weighted by Gasteiger charge is -2.19. The van der Waals surface area contributed by atoms with Crippen molar-refractivity contribution in [2.45, 2.75) is 18.8 Å². The molecule has 1 aromatic rings. The Hall–Kier alpha value is -1.16. The number of piperidine rings is 1. The van der Waals surface area contributed by atoms with Gasteiger partial charge in [0.1, 0.15) is 0 Å². The Morgan fingerprint density at radius 3 is 2.47 bits per heavy atom. The lowest BCUT2D eigenvalue weighted by atomic mass is 9.87. The number of hydrogen-bond acceptors (Lipinski definition) is 2. The van der Waals surface area contributed by atoms with Crippen molar-refractivity contribution >= 4 is 27.7 Å². The zero-order chi connectivity index (χ0) is 12.2. The fraction of sp³-hybridized carbons (Fsp3) is 0.385. The van der Waals surface area contributed by atoms with Crippen molar-refractivity contribution in [3.63, 3.8) is 0 Å². The van der Waals surface area contributed by atoms with Gasteiger partial charge in [-0.25, -0.2) is 0 Å². The zero-order valence-corrected chi connectivity index (χ0v) is 11.0. The summed E-state index contributed by atoms with van der Waals surface area (Å²) in [4.78, 5) is 23.4. The minimum absolute atomic E-state index is 0.109. The van der Waals surface area contributed by atoms with Gasteiger partial charge in [-0.05, 0) is 24.1 Å². The normalized spacial score (nSPS) is 34.5. The number of rotatable bonds is 2. The summed E-state index contributed by atoms with van der Waals surface area (Å²) in [5, 5.41) is 2.40. The zero-order valence-electron chi connectivity index (χ0n) is 9.37. The van der Waals surface area contributed by atoms with Crippen LogP contribution in [-0.2, 0) is 15.0 Å². The molecule has 2 fully saturated rings. The number of benzene rings is 1. The fourth-order valence-electron chi connectivity index (χ4n) is 3.27. The van der Waals surface area contributed by atoms with Gasteiger partial charge in [0.15, 0.2) is 0 Å².